The van der Waals surface area contributed by atoms with Crippen molar-refractivity contribution < 1.29 is 9.59 Å². The monoisotopic (exact) mass is 268 g/mol. The lowest BCUT2D eigenvalue weighted by Crippen LogP contribution is -2.42. The maximum absolute atomic E-state index is 12.0. The summed E-state index contributed by atoms with van der Waals surface area (Å²) in [6, 6.07) is 1.96. The highest BCUT2D eigenvalue weighted by molar-refractivity contribution is 7.12. The molecule has 18 heavy (non-hydrogen) atoms. The van der Waals surface area contributed by atoms with Crippen LogP contribution in [0, 0.1) is 5.41 Å². The fourth-order valence-corrected chi connectivity index (χ4v) is 2.40. The van der Waals surface area contributed by atoms with Crippen molar-refractivity contribution in [1.82, 2.24) is 5.32 Å². The molecule has 1 heterocycles. The second-order valence-corrected chi connectivity index (χ2v) is 6.21. The second-order valence-electron chi connectivity index (χ2n) is 5.29. The van der Waals surface area contributed by atoms with E-state index in [0.717, 1.165) is 5.56 Å². The lowest BCUT2D eigenvalue weighted by atomic mass is 9.92. The molecule has 0 aromatic carbocycles. The van der Waals surface area contributed by atoms with E-state index in [1.807, 2.05) is 25.3 Å². The Bertz CT molecular complexity index is 450. The molecular weight excluding hydrogens is 248 g/mol. The van der Waals surface area contributed by atoms with Crippen molar-refractivity contribution in [2.75, 3.05) is 6.54 Å². The Morgan fingerprint density at radius 3 is 2.56 bits per heavy atom. The van der Waals surface area contributed by atoms with Gasteiger partial charge in [-0.05, 0) is 36.8 Å². The Morgan fingerprint density at radius 2 is 2.06 bits per heavy atom. The van der Waals surface area contributed by atoms with E-state index in [1.54, 1.807) is 13.8 Å². The van der Waals surface area contributed by atoms with Crippen LogP contribution in [0.1, 0.15) is 48.8 Å². The smallest absolute Gasteiger partial charge is 0.261 e. The van der Waals surface area contributed by atoms with Crippen LogP contribution >= 0.6 is 11.3 Å². The summed E-state index contributed by atoms with van der Waals surface area (Å²) in [5.74, 6) is -0.248. The van der Waals surface area contributed by atoms with Crippen molar-refractivity contribution in [3.63, 3.8) is 0 Å². The molecule has 0 aliphatic heterocycles. The number of hydrogen-bond donors (Lipinski definition) is 2. The summed E-state index contributed by atoms with van der Waals surface area (Å²) in [5, 5.41) is 4.68. The summed E-state index contributed by atoms with van der Waals surface area (Å²) in [6.45, 7) is 7.77. The van der Waals surface area contributed by atoms with Crippen molar-refractivity contribution in [1.29, 1.82) is 0 Å². The number of nitrogens with two attached hydrogens (primary N) is 1. The van der Waals surface area contributed by atoms with E-state index in [9.17, 15) is 9.59 Å². The van der Waals surface area contributed by atoms with Crippen LogP contribution in [0.2, 0.25) is 0 Å². The minimum atomic E-state index is -0.731. The van der Waals surface area contributed by atoms with Crippen LogP contribution in [-0.2, 0) is 4.79 Å². The van der Waals surface area contributed by atoms with Crippen molar-refractivity contribution in [2.45, 2.75) is 33.6 Å². The molecule has 0 unspecified atom stereocenters. The van der Waals surface area contributed by atoms with E-state index in [0.29, 0.717) is 10.8 Å². The molecular formula is C13H20N2O2S. The highest BCUT2D eigenvalue weighted by atomic mass is 32.1. The van der Waals surface area contributed by atoms with E-state index < -0.39 is 11.3 Å². The van der Waals surface area contributed by atoms with E-state index >= 15 is 0 Å². The second kappa shape index (κ2) is 5.52. The molecule has 0 fully saturated rings. The van der Waals surface area contributed by atoms with Crippen LogP contribution < -0.4 is 11.1 Å². The number of rotatable bonds is 5. The Balaban J connectivity index is 2.72. The zero-order chi connectivity index (χ0) is 13.9. The van der Waals surface area contributed by atoms with E-state index in [2.05, 4.69) is 5.32 Å². The summed E-state index contributed by atoms with van der Waals surface area (Å²) >= 11 is 1.42. The number of carbonyl (C=O) groups is 2. The number of carbonyl (C=O) groups excluding carboxylic acids is 2. The fraction of sp³-hybridized carbons (Fsp3) is 0.538. The van der Waals surface area contributed by atoms with E-state index in [-0.39, 0.29) is 12.5 Å². The van der Waals surface area contributed by atoms with Crippen molar-refractivity contribution in [3.05, 3.63) is 21.9 Å². The van der Waals surface area contributed by atoms with Crippen molar-refractivity contribution in [3.8, 4) is 0 Å². The molecule has 100 valence electrons. The zero-order valence-electron chi connectivity index (χ0n) is 11.2. The molecule has 3 N–H and O–H groups in total. The van der Waals surface area contributed by atoms with Crippen LogP contribution in [0.15, 0.2) is 11.4 Å². The molecule has 5 heteroatoms. The lowest BCUT2D eigenvalue weighted by molar-refractivity contribution is -0.125. The number of nitrogens with one attached hydrogen (secondary N) is 1. The van der Waals surface area contributed by atoms with Gasteiger partial charge in [-0.25, -0.2) is 0 Å². The summed E-state index contributed by atoms with van der Waals surface area (Å²) < 4.78 is 0. The van der Waals surface area contributed by atoms with Gasteiger partial charge in [-0.3, -0.25) is 9.59 Å². The molecule has 2 amide bonds. The average molecular weight is 268 g/mol. The SMILES string of the molecule is CC(C)c1ccsc1C(=O)NCC(C)(C)C(N)=O. The Labute approximate surface area is 112 Å². The van der Waals surface area contributed by atoms with Gasteiger partial charge in [-0.15, -0.1) is 11.3 Å². The van der Waals surface area contributed by atoms with Crippen molar-refractivity contribution in [2.24, 2.45) is 11.1 Å². The third kappa shape index (κ3) is 3.32. The van der Waals surface area contributed by atoms with E-state index in [4.69, 9.17) is 5.73 Å². The normalized spacial score (nSPS) is 11.6. The minimum absolute atomic E-state index is 0.136. The summed E-state index contributed by atoms with van der Waals surface area (Å²) in [7, 11) is 0. The Kier molecular flexibility index (Phi) is 4.51. The Hall–Kier alpha value is -1.36. The van der Waals surface area contributed by atoms with Gasteiger partial charge in [0, 0.05) is 6.54 Å². The van der Waals surface area contributed by atoms with Gasteiger partial charge in [-0.1, -0.05) is 13.8 Å². The third-order valence-electron chi connectivity index (χ3n) is 2.88. The zero-order valence-corrected chi connectivity index (χ0v) is 12.1. The maximum atomic E-state index is 12.0. The van der Waals surface area contributed by atoms with Gasteiger partial charge in [0.2, 0.25) is 5.91 Å². The predicted octanol–water partition coefficient (Wildman–Crippen LogP) is 2.11. The van der Waals surface area contributed by atoms with Crippen LogP contribution in [0.4, 0.5) is 0 Å². The molecule has 0 saturated carbocycles. The van der Waals surface area contributed by atoms with Crippen LogP contribution in [0.25, 0.3) is 0 Å². The quantitative estimate of drug-likeness (QED) is 0.858. The van der Waals surface area contributed by atoms with Gasteiger partial charge in [0.25, 0.3) is 5.91 Å². The summed E-state index contributed by atoms with van der Waals surface area (Å²) in [4.78, 5) is 23.9. The highest BCUT2D eigenvalue weighted by Gasteiger charge is 2.26. The first-order valence-corrected chi connectivity index (χ1v) is 6.79. The van der Waals surface area contributed by atoms with Crippen LogP contribution in [0.3, 0.4) is 0 Å². The molecule has 1 rings (SSSR count). The largest absolute Gasteiger partial charge is 0.369 e. The predicted molar refractivity (Wildman–Crippen MR) is 73.7 cm³/mol. The van der Waals surface area contributed by atoms with Crippen LogP contribution in [-0.4, -0.2) is 18.4 Å². The summed E-state index contributed by atoms with van der Waals surface area (Å²) in [6.07, 6.45) is 0. The van der Waals surface area contributed by atoms with Gasteiger partial charge < -0.3 is 11.1 Å². The molecule has 0 bridgehead atoms. The number of primary amides is 1. The fourth-order valence-electron chi connectivity index (χ4n) is 1.43. The van der Waals surface area contributed by atoms with Gasteiger partial charge >= 0.3 is 0 Å². The molecule has 1 aromatic heterocycles. The van der Waals surface area contributed by atoms with Gasteiger partial charge in [0.1, 0.15) is 0 Å². The topological polar surface area (TPSA) is 72.2 Å². The number of amides is 2. The van der Waals surface area contributed by atoms with Gasteiger partial charge in [0.05, 0.1) is 10.3 Å². The van der Waals surface area contributed by atoms with Gasteiger partial charge in [-0.2, -0.15) is 0 Å². The van der Waals surface area contributed by atoms with Crippen LogP contribution in [0.5, 0.6) is 0 Å². The molecule has 1 aromatic rings. The average Bonchev–Trinajstić information content (AvgIpc) is 2.74. The molecule has 4 nitrogen and oxygen atoms in total. The van der Waals surface area contributed by atoms with Crippen molar-refractivity contribution >= 4 is 23.2 Å². The highest BCUT2D eigenvalue weighted by Crippen LogP contribution is 2.24. The first kappa shape index (κ1) is 14.7. The molecule has 0 atom stereocenters. The third-order valence-corrected chi connectivity index (χ3v) is 3.81. The lowest BCUT2D eigenvalue weighted by Gasteiger charge is -2.20. The molecule has 0 aliphatic carbocycles. The summed E-state index contributed by atoms with van der Waals surface area (Å²) in [5.41, 5.74) is 5.57. The first-order chi connectivity index (χ1) is 8.25. The Morgan fingerprint density at radius 1 is 1.44 bits per heavy atom. The molecule has 0 aliphatic rings. The van der Waals surface area contributed by atoms with Gasteiger partial charge in [0.15, 0.2) is 0 Å². The number of thiophene rings is 1. The molecule has 0 saturated heterocycles. The minimum Gasteiger partial charge on any atom is -0.369 e. The molecule has 0 radical (unpaired) electrons. The molecule has 0 spiro atoms. The first-order valence-electron chi connectivity index (χ1n) is 5.91. The number of hydrogen-bond acceptors (Lipinski definition) is 3. The van der Waals surface area contributed by atoms with E-state index in [1.165, 1.54) is 11.3 Å². The maximum Gasteiger partial charge on any atom is 0.261 e. The standard InChI is InChI=1S/C13H20N2O2S/c1-8(2)9-5-6-18-10(9)11(16)15-7-13(3,4)12(14)17/h5-6,8H,7H2,1-4H3,(H2,14,17)(H,15,16).